The average molecular weight is 428 g/mol. The molecule has 5 aromatic rings. The second-order valence-electron chi connectivity index (χ2n) is 6.48. The predicted molar refractivity (Wildman–Crippen MR) is 109 cm³/mol. The van der Waals surface area contributed by atoms with Gasteiger partial charge in [-0.05, 0) is 35.4 Å². The highest BCUT2D eigenvalue weighted by atomic mass is 35.5. The highest BCUT2D eigenvalue weighted by molar-refractivity contribution is 6.34. The van der Waals surface area contributed by atoms with E-state index in [0.29, 0.717) is 39.0 Å². The van der Waals surface area contributed by atoms with E-state index in [-0.39, 0.29) is 5.75 Å². The van der Waals surface area contributed by atoms with E-state index in [1.165, 1.54) is 24.7 Å². The molecule has 0 saturated carbocycles. The van der Waals surface area contributed by atoms with E-state index in [4.69, 9.17) is 32.4 Å². The molecule has 0 bridgehead atoms. The minimum atomic E-state index is -0.407. The van der Waals surface area contributed by atoms with Gasteiger partial charge < -0.3 is 14.1 Å². The Balaban J connectivity index is 1.45. The summed E-state index contributed by atoms with van der Waals surface area (Å²) in [6, 6.07) is 9.65. The molecular formula is C21H12Cl2FN3O2. The number of aromatic amines is 1. The molecule has 0 spiro atoms. The van der Waals surface area contributed by atoms with Crippen molar-refractivity contribution < 1.29 is 13.5 Å². The fourth-order valence-corrected chi connectivity index (χ4v) is 3.77. The third-order valence-electron chi connectivity index (χ3n) is 4.62. The Kier molecular flexibility index (Phi) is 4.38. The monoisotopic (exact) mass is 427 g/mol. The van der Waals surface area contributed by atoms with Crippen LogP contribution in [0.2, 0.25) is 10.2 Å². The molecule has 0 unspecified atom stereocenters. The first-order chi connectivity index (χ1) is 14.1. The maximum Gasteiger partial charge on any atom is 0.176 e. The molecule has 8 heteroatoms. The summed E-state index contributed by atoms with van der Waals surface area (Å²) < 4.78 is 25.0. The molecule has 5 nitrogen and oxygen atoms in total. The minimum absolute atomic E-state index is 0.286. The van der Waals surface area contributed by atoms with E-state index >= 15 is 0 Å². The van der Waals surface area contributed by atoms with Crippen molar-refractivity contribution in [1.29, 1.82) is 0 Å². The topological polar surface area (TPSA) is 63.9 Å². The largest absolute Gasteiger partial charge is 0.460 e. The molecule has 0 fully saturated rings. The zero-order valence-electron chi connectivity index (χ0n) is 14.7. The molecule has 3 heterocycles. The maximum absolute atomic E-state index is 13.8. The predicted octanol–water partition coefficient (Wildman–Crippen LogP) is 6.53. The van der Waals surface area contributed by atoms with Crippen LogP contribution in [0.3, 0.4) is 0 Å². The van der Waals surface area contributed by atoms with Gasteiger partial charge in [0.1, 0.15) is 28.7 Å². The fourth-order valence-electron chi connectivity index (χ4n) is 3.28. The van der Waals surface area contributed by atoms with Crippen LogP contribution in [0, 0.1) is 5.82 Å². The number of nitrogens with zero attached hydrogens (tertiary/aromatic N) is 2. The van der Waals surface area contributed by atoms with Gasteiger partial charge in [0.25, 0.3) is 0 Å². The van der Waals surface area contributed by atoms with Crippen molar-refractivity contribution in [2.45, 2.75) is 6.42 Å². The van der Waals surface area contributed by atoms with Crippen LogP contribution >= 0.6 is 23.2 Å². The van der Waals surface area contributed by atoms with E-state index in [0.717, 1.165) is 16.5 Å². The van der Waals surface area contributed by atoms with Gasteiger partial charge in [0, 0.05) is 29.1 Å². The third-order valence-corrected chi connectivity index (χ3v) is 5.26. The molecule has 0 aliphatic heterocycles. The first kappa shape index (κ1) is 18.0. The number of rotatable bonds is 4. The van der Waals surface area contributed by atoms with Crippen LogP contribution in [0.4, 0.5) is 4.39 Å². The van der Waals surface area contributed by atoms with Crippen LogP contribution in [0.1, 0.15) is 11.1 Å². The van der Waals surface area contributed by atoms with Crippen molar-refractivity contribution in [1.82, 2.24) is 15.0 Å². The molecular weight excluding hydrogens is 416 g/mol. The summed E-state index contributed by atoms with van der Waals surface area (Å²) in [5, 5.41) is 2.29. The fraction of sp³-hybridized carbons (Fsp3) is 0.0476. The Morgan fingerprint density at radius 2 is 1.97 bits per heavy atom. The summed E-state index contributed by atoms with van der Waals surface area (Å²) >= 11 is 12.7. The zero-order valence-corrected chi connectivity index (χ0v) is 16.3. The Morgan fingerprint density at radius 1 is 1.07 bits per heavy atom. The number of H-pyrrole nitrogens is 1. The molecule has 29 heavy (non-hydrogen) atoms. The molecule has 3 aromatic heterocycles. The van der Waals surface area contributed by atoms with Crippen molar-refractivity contribution in [3.63, 3.8) is 0 Å². The number of benzene rings is 2. The van der Waals surface area contributed by atoms with Crippen LogP contribution in [0.25, 0.3) is 22.0 Å². The van der Waals surface area contributed by atoms with Gasteiger partial charge in [0.2, 0.25) is 0 Å². The quantitative estimate of drug-likeness (QED) is 0.331. The molecule has 0 aliphatic carbocycles. The second-order valence-corrected chi connectivity index (χ2v) is 7.24. The van der Waals surface area contributed by atoms with Crippen LogP contribution in [0.5, 0.6) is 11.5 Å². The highest BCUT2D eigenvalue weighted by Gasteiger charge is 2.14. The number of halogens is 3. The van der Waals surface area contributed by atoms with E-state index < -0.39 is 5.82 Å². The van der Waals surface area contributed by atoms with E-state index in [2.05, 4.69) is 15.0 Å². The number of furan rings is 1. The smallest absolute Gasteiger partial charge is 0.176 e. The van der Waals surface area contributed by atoms with Crippen molar-refractivity contribution in [3.8, 4) is 11.5 Å². The maximum atomic E-state index is 13.8. The second kappa shape index (κ2) is 7.06. The molecule has 0 amide bonds. The lowest BCUT2D eigenvalue weighted by molar-refractivity contribution is 0.467. The third kappa shape index (κ3) is 3.30. The van der Waals surface area contributed by atoms with Gasteiger partial charge in [-0.25, -0.2) is 14.4 Å². The zero-order chi connectivity index (χ0) is 20.0. The van der Waals surface area contributed by atoms with Gasteiger partial charge in [-0.3, -0.25) is 0 Å². The van der Waals surface area contributed by atoms with E-state index in [9.17, 15) is 4.39 Å². The SMILES string of the molecule is Fc1cc(Oc2ccc(Cc3c[nH]c4ncnc(Cl)c34)c(Cl)c2)c2occc2c1. The molecule has 144 valence electrons. The van der Waals surface area contributed by atoms with Gasteiger partial charge in [-0.15, -0.1) is 0 Å². The number of fused-ring (bicyclic) bond motifs is 2. The van der Waals surface area contributed by atoms with Gasteiger partial charge in [0.05, 0.1) is 11.6 Å². The van der Waals surface area contributed by atoms with Crippen molar-refractivity contribution in [2.75, 3.05) is 0 Å². The lowest BCUT2D eigenvalue weighted by Crippen LogP contribution is -1.92. The Labute approximate surface area is 174 Å². The Hall–Kier alpha value is -3.09. The van der Waals surface area contributed by atoms with Gasteiger partial charge in [0.15, 0.2) is 11.3 Å². The van der Waals surface area contributed by atoms with Crippen molar-refractivity contribution in [2.24, 2.45) is 0 Å². The molecule has 0 saturated heterocycles. The number of hydrogen-bond acceptors (Lipinski definition) is 4. The van der Waals surface area contributed by atoms with E-state index in [1.807, 2.05) is 12.3 Å². The van der Waals surface area contributed by atoms with Crippen LogP contribution < -0.4 is 4.74 Å². The number of aromatic nitrogens is 3. The molecule has 0 atom stereocenters. The molecule has 2 aromatic carbocycles. The first-order valence-electron chi connectivity index (χ1n) is 8.68. The summed E-state index contributed by atoms with van der Waals surface area (Å²) in [7, 11) is 0. The number of ether oxygens (including phenoxy) is 1. The highest BCUT2D eigenvalue weighted by Crippen LogP contribution is 2.34. The van der Waals surface area contributed by atoms with Gasteiger partial charge in [-0.1, -0.05) is 29.3 Å². The van der Waals surface area contributed by atoms with Crippen LogP contribution in [0.15, 0.2) is 59.6 Å². The lowest BCUT2D eigenvalue weighted by atomic mass is 10.1. The summed E-state index contributed by atoms with van der Waals surface area (Å²) in [5.41, 5.74) is 2.95. The lowest BCUT2D eigenvalue weighted by Gasteiger charge is -2.10. The minimum Gasteiger partial charge on any atom is -0.460 e. The first-order valence-corrected chi connectivity index (χ1v) is 9.43. The normalized spacial score (nSPS) is 11.4. The van der Waals surface area contributed by atoms with Crippen molar-refractivity contribution in [3.05, 3.63) is 82.3 Å². The number of nitrogens with one attached hydrogen (secondary N) is 1. The molecule has 0 aliphatic rings. The van der Waals surface area contributed by atoms with E-state index in [1.54, 1.807) is 18.2 Å². The molecule has 1 N–H and O–H groups in total. The average Bonchev–Trinajstić information content (AvgIpc) is 3.32. The summed E-state index contributed by atoms with van der Waals surface area (Å²) in [4.78, 5) is 11.3. The standard InChI is InChI=1S/C21H12Cl2FN3O2/c22-16-8-15(29-17-7-14(24)6-12-3-4-28-19(12)17)2-1-11(16)5-13-9-25-21-18(13)20(23)26-10-27-21/h1-4,6-10H,5H2,(H,25,26,27). The Morgan fingerprint density at radius 3 is 2.83 bits per heavy atom. The van der Waals surface area contributed by atoms with Gasteiger partial charge >= 0.3 is 0 Å². The van der Waals surface area contributed by atoms with Gasteiger partial charge in [-0.2, -0.15) is 0 Å². The summed E-state index contributed by atoms with van der Waals surface area (Å²) in [5.74, 6) is 0.353. The van der Waals surface area contributed by atoms with Crippen molar-refractivity contribution >= 4 is 45.2 Å². The number of hydrogen-bond donors (Lipinski definition) is 1. The molecule has 0 radical (unpaired) electrons. The molecule has 5 rings (SSSR count). The van der Waals surface area contributed by atoms with Crippen LogP contribution in [-0.2, 0) is 6.42 Å². The summed E-state index contributed by atoms with van der Waals surface area (Å²) in [6.45, 7) is 0. The Bertz CT molecular complexity index is 1360. The summed E-state index contributed by atoms with van der Waals surface area (Å²) in [6.07, 6.45) is 5.27. The van der Waals surface area contributed by atoms with Crippen LogP contribution in [-0.4, -0.2) is 15.0 Å².